The summed E-state index contributed by atoms with van der Waals surface area (Å²) in [7, 11) is 1.91. The second-order valence-corrected chi connectivity index (χ2v) is 6.23. The Hall–Kier alpha value is -2.24. The first-order chi connectivity index (χ1) is 11.7. The molecule has 4 rings (SSSR count). The van der Waals surface area contributed by atoms with Crippen LogP contribution < -0.4 is 5.32 Å². The average molecular weight is 359 g/mol. The molecule has 1 N–H and O–H groups in total. The number of pyridine rings is 1. The summed E-state index contributed by atoms with van der Waals surface area (Å²) >= 11 is 0. The average Bonchev–Trinajstić information content (AvgIpc) is 3.27. The Morgan fingerprint density at radius 2 is 1.96 bits per heavy atom. The van der Waals surface area contributed by atoms with E-state index in [1.165, 1.54) is 12.1 Å². The van der Waals surface area contributed by atoms with Gasteiger partial charge in [-0.15, -0.1) is 12.4 Å². The Morgan fingerprint density at radius 1 is 1.16 bits per heavy atom. The third kappa shape index (κ3) is 3.57. The zero-order valence-electron chi connectivity index (χ0n) is 13.9. The maximum Gasteiger partial charge on any atom is 0.123 e. The van der Waals surface area contributed by atoms with E-state index in [9.17, 15) is 4.39 Å². The quantitative estimate of drug-likeness (QED) is 0.774. The molecular formula is C19H20ClFN4. The van der Waals surface area contributed by atoms with Crippen molar-refractivity contribution in [3.05, 3.63) is 60.3 Å². The minimum absolute atomic E-state index is 0. The van der Waals surface area contributed by atoms with E-state index in [-0.39, 0.29) is 18.2 Å². The number of halogens is 2. The molecule has 3 heterocycles. The van der Waals surface area contributed by atoms with Gasteiger partial charge in [0.2, 0.25) is 0 Å². The Balaban J connectivity index is 0.00000182. The predicted octanol–water partition coefficient (Wildman–Crippen LogP) is 3.79. The lowest BCUT2D eigenvalue weighted by atomic mass is 9.95. The van der Waals surface area contributed by atoms with E-state index in [4.69, 9.17) is 4.98 Å². The molecule has 1 aliphatic heterocycles. The van der Waals surface area contributed by atoms with Gasteiger partial charge in [-0.25, -0.2) is 4.39 Å². The van der Waals surface area contributed by atoms with Crippen molar-refractivity contribution in [2.24, 2.45) is 7.05 Å². The topological polar surface area (TPSA) is 42.7 Å². The maximum absolute atomic E-state index is 13.2. The van der Waals surface area contributed by atoms with E-state index in [1.807, 2.05) is 25.5 Å². The fraction of sp³-hybridized carbons (Fsp3) is 0.263. The van der Waals surface area contributed by atoms with Gasteiger partial charge in [-0.3, -0.25) is 9.67 Å². The van der Waals surface area contributed by atoms with Crippen LogP contribution >= 0.6 is 12.4 Å². The Kier molecular flexibility index (Phi) is 5.16. The molecule has 1 fully saturated rings. The van der Waals surface area contributed by atoms with Crippen LogP contribution in [0.4, 0.5) is 4.39 Å². The van der Waals surface area contributed by atoms with Crippen LogP contribution in [0.5, 0.6) is 0 Å². The largest absolute Gasteiger partial charge is 0.316 e. The zero-order chi connectivity index (χ0) is 16.5. The molecule has 1 aromatic carbocycles. The van der Waals surface area contributed by atoms with Gasteiger partial charge in [-0.1, -0.05) is 12.1 Å². The van der Waals surface area contributed by atoms with Gasteiger partial charge in [0.25, 0.3) is 0 Å². The highest BCUT2D eigenvalue weighted by Crippen LogP contribution is 2.33. The van der Waals surface area contributed by atoms with E-state index < -0.39 is 0 Å². The summed E-state index contributed by atoms with van der Waals surface area (Å²) < 4.78 is 15.0. The molecule has 0 saturated carbocycles. The Labute approximate surface area is 152 Å². The first-order valence-electron chi connectivity index (χ1n) is 8.17. The fourth-order valence-electron chi connectivity index (χ4n) is 3.25. The van der Waals surface area contributed by atoms with Crippen LogP contribution in [0, 0.1) is 5.82 Å². The van der Waals surface area contributed by atoms with Crippen LogP contribution in [0.25, 0.3) is 22.4 Å². The summed E-state index contributed by atoms with van der Waals surface area (Å²) in [5, 5.41) is 7.96. The lowest BCUT2D eigenvalue weighted by molar-refractivity contribution is 0.628. The number of rotatable bonds is 3. The van der Waals surface area contributed by atoms with Crippen LogP contribution in [0.15, 0.2) is 48.8 Å². The number of hydrogen-bond donors (Lipinski definition) is 1. The Morgan fingerprint density at radius 3 is 2.60 bits per heavy atom. The van der Waals surface area contributed by atoms with Crippen molar-refractivity contribution in [1.29, 1.82) is 0 Å². The molecule has 4 nitrogen and oxygen atoms in total. The summed E-state index contributed by atoms with van der Waals surface area (Å²) in [5.74, 6) is 0.176. The SMILES string of the molecule is Cl.Cn1ccc(-c2cc(-c3ccc(F)cc3)cnc2C2CCNC2)n1. The standard InChI is InChI=1S/C19H19FN4.ClH/c1-24-9-7-18(23-24)17-10-15(13-2-4-16(20)5-3-13)12-22-19(17)14-6-8-21-11-14;/h2-5,7,9-10,12,14,21H,6,8,11H2,1H3;1H. The first-order valence-corrected chi connectivity index (χ1v) is 8.17. The molecule has 0 radical (unpaired) electrons. The van der Waals surface area contributed by atoms with Crippen molar-refractivity contribution in [3.8, 4) is 22.4 Å². The lowest BCUT2D eigenvalue weighted by Gasteiger charge is -2.14. The molecule has 1 aliphatic rings. The molecule has 0 spiro atoms. The van der Waals surface area contributed by atoms with E-state index >= 15 is 0 Å². The van der Waals surface area contributed by atoms with Crippen LogP contribution in [-0.2, 0) is 7.05 Å². The predicted molar refractivity (Wildman–Crippen MR) is 99.3 cm³/mol. The van der Waals surface area contributed by atoms with Gasteiger partial charge in [0.1, 0.15) is 5.82 Å². The van der Waals surface area contributed by atoms with Crippen LogP contribution in [-0.4, -0.2) is 27.9 Å². The highest BCUT2D eigenvalue weighted by atomic mass is 35.5. The number of aryl methyl sites for hydroxylation is 1. The second-order valence-electron chi connectivity index (χ2n) is 6.23. The number of hydrogen-bond acceptors (Lipinski definition) is 3. The highest BCUT2D eigenvalue weighted by molar-refractivity contribution is 5.85. The third-order valence-electron chi connectivity index (χ3n) is 4.53. The summed E-state index contributed by atoms with van der Waals surface area (Å²) in [6, 6.07) is 10.7. The van der Waals surface area contributed by atoms with Gasteiger partial charge in [0, 0.05) is 43.0 Å². The minimum Gasteiger partial charge on any atom is -0.316 e. The van der Waals surface area contributed by atoms with E-state index in [0.717, 1.165) is 47.6 Å². The van der Waals surface area contributed by atoms with E-state index in [1.54, 1.807) is 16.8 Å². The highest BCUT2D eigenvalue weighted by Gasteiger charge is 2.23. The number of nitrogens with zero attached hydrogens (tertiary/aromatic N) is 3. The van der Waals surface area contributed by atoms with E-state index in [0.29, 0.717) is 5.92 Å². The van der Waals surface area contributed by atoms with Crippen molar-refractivity contribution in [3.63, 3.8) is 0 Å². The minimum atomic E-state index is -0.231. The molecule has 130 valence electrons. The number of aromatic nitrogens is 3. The molecule has 0 aliphatic carbocycles. The molecular weight excluding hydrogens is 339 g/mol. The molecule has 1 saturated heterocycles. The van der Waals surface area contributed by atoms with Crippen LogP contribution in [0.1, 0.15) is 18.0 Å². The van der Waals surface area contributed by atoms with Crippen molar-refractivity contribution in [2.75, 3.05) is 13.1 Å². The lowest BCUT2D eigenvalue weighted by Crippen LogP contribution is -2.10. The molecule has 25 heavy (non-hydrogen) atoms. The van der Waals surface area contributed by atoms with Gasteiger partial charge >= 0.3 is 0 Å². The molecule has 0 bridgehead atoms. The molecule has 0 amide bonds. The number of nitrogens with one attached hydrogen (secondary N) is 1. The summed E-state index contributed by atoms with van der Waals surface area (Å²) in [4.78, 5) is 4.76. The third-order valence-corrected chi connectivity index (χ3v) is 4.53. The second kappa shape index (κ2) is 7.33. The van der Waals surface area contributed by atoms with Crippen molar-refractivity contribution >= 4 is 12.4 Å². The molecule has 2 aromatic heterocycles. The number of benzene rings is 1. The van der Waals surface area contributed by atoms with Gasteiger partial charge in [-0.05, 0) is 42.8 Å². The van der Waals surface area contributed by atoms with Crippen molar-refractivity contribution in [2.45, 2.75) is 12.3 Å². The Bertz CT molecular complexity index is 854. The maximum atomic E-state index is 13.2. The zero-order valence-corrected chi connectivity index (χ0v) is 14.8. The van der Waals surface area contributed by atoms with Gasteiger partial charge in [-0.2, -0.15) is 5.10 Å². The van der Waals surface area contributed by atoms with Crippen molar-refractivity contribution in [1.82, 2.24) is 20.1 Å². The van der Waals surface area contributed by atoms with Crippen LogP contribution in [0.3, 0.4) is 0 Å². The normalized spacial score (nSPS) is 16.6. The van der Waals surface area contributed by atoms with Crippen LogP contribution in [0.2, 0.25) is 0 Å². The molecule has 3 aromatic rings. The van der Waals surface area contributed by atoms with Gasteiger partial charge in [0.05, 0.1) is 11.4 Å². The molecule has 6 heteroatoms. The summed E-state index contributed by atoms with van der Waals surface area (Å²) in [6.45, 7) is 1.97. The monoisotopic (exact) mass is 358 g/mol. The summed E-state index contributed by atoms with van der Waals surface area (Å²) in [6.07, 6.45) is 4.91. The van der Waals surface area contributed by atoms with E-state index in [2.05, 4.69) is 16.5 Å². The summed E-state index contributed by atoms with van der Waals surface area (Å²) in [5.41, 5.74) is 5.01. The smallest absolute Gasteiger partial charge is 0.123 e. The molecule has 1 unspecified atom stereocenters. The molecule has 1 atom stereocenters. The fourth-order valence-corrected chi connectivity index (χ4v) is 3.25. The van der Waals surface area contributed by atoms with Gasteiger partial charge < -0.3 is 5.32 Å². The van der Waals surface area contributed by atoms with Crippen molar-refractivity contribution < 1.29 is 4.39 Å². The first kappa shape index (κ1) is 17.6. The van der Waals surface area contributed by atoms with Gasteiger partial charge in [0.15, 0.2) is 0 Å².